The molecule has 0 aromatic carbocycles. The Morgan fingerprint density at radius 1 is 1.28 bits per heavy atom. The number of likely N-dealkylation sites (tertiary alicyclic amines) is 1. The Kier molecular flexibility index (Phi) is 8.31. The first-order chi connectivity index (χ1) is 15.4. The number of hydrogen-bond acceptors (Lipinski definition) is 11. The van der Waals surface area contributed by atoms with Crippen LogP contribution >= 0.6 is 12.0 Å². The van der Waals surface area contributed by atoms with Crippen molar-refractivity contribution in [1.29, 1.82) is 0 Å². The van der Waals surface area contributed by atoms with Crippen molar-refractivity contribution >= 4 is 29.6 Å². The average Bonchev–Trinajstić information content (AvgIpc) is 2.76. The van der Waals surface area contributed by atoms with Crippen LogP contribution in [0.3, 0.4) is 0 Å². The average molecular weight is 466 g/mol. The number of pyridine rings is 1. The summed E-state index contributed by atoms with van der Waals surface area (Å²) >= 11 is 0.991. The van der Waals surface area contributed by atoms with Crippen LogP contribution < -0.4 is 10.1 Å². The Morgan fingerprint density at radius 3 is 2.69 bits per heavy atom. The third-order valence-corrected chi connectivity index (χ3v) is 5.21. The summed E-state index contributed by atoms with van der Waals surface area (Å²) in [6.07, 6.45) is 1.85. The lowest BCUT2D eigenvalue weighted by Crippen LogP contribution is -2.42. The van der Waals surface area contributed by atoms with Crippen LogP contribution in [0, 0.1) is 6.92 Å². The van der Waals surface area contributed by atoms with E-state index in [9.17, 15) is 9.90 Å². The highest BCUT2D eigenvalue weighted by atomic mass is 32.2. The normalized spacial score (nSPS) is 14.5. The first-order valence-electron chi connectivity index (χ1n) is 10.2. The molecule has 2 aromatic heterocycles. The van der Waals surface area contributed by atoms with Gasteiger partial charge in [-0.05, 0) is 32.9 Å². The zero-order valence-corrected chi connectivity index (χ0v) is 19.2. The van der Waals surface area contributed by atoms with E-state index >= 15 is 0 Å². The van der Waals surface area contributed by atoms with Gasteiger partial charge in [-0.1, -0.05) is 0 Å². The number of nitrogens with zero attached hydrogens (tertiary/aromatic N) is 4. The fourth-order valence-electron chi connectivity index (χ4n) is 3.04. The molecule has 3 heterocycles. The number of ether oxygens (including phenoxy) is 2. The Balaban J connectivity index is 1.61. The second-order valence-electron chi connectivity index (χ2n) is 7.34. The predicted octanol–water partition coefficient (Wildman–Crippen LogP) is 3.60. The minimum Gasteiger partial charge on any atom is -0.501 e. The molecule has 1 saturated heterocycles. The predicted molar refractivity (Wildman–Crippen MR) is 117 cm³/mol. The van der Waals surface area contributed by atoms with E-state index in [0.29, 0.717) is 42.3 Å². The highest BCUT2D eigenvalue weighted by Gasteiger charge is 2.27. The summed E-state index contributed by atoms with van der Waals surface area (Å²) < 4.78 is 15.9. The van der Waals surface area contributed by atoms with E-state index in [0.717, 1.165) is 12.0 Å². The van der Waals surface area contributed by atoms with E-state index in [2.05, 4.69) is 25.2 Å². The summed E-state index contributed by atoms with van der Waals surface area (Å²) in [7, 11) is 1.41. The molecule has 32 heavy (non-hydrogen) atoms. The quantitative estimate of drug-likeness (QED) is 0.337. The molecule has 0 atom stereocenters. The summed E-state index contributed by atoms with van der Waals surface area (Å²) in [5.74, 6) is 0.0816. The molecule has 0 saturated carbocycles. The second-order valence-corrected chi connectivity index (χ2v) is 8.06. The van der Waals surface area contributed by atoms with Crippen LogP contribution in [0.1, 0.15) is 32.4 Å². The number of carbonyl (C=O) groups is 1. The molecular formula is C20H27N5O6S. The lowest BCUT2D eigenvalue weighted by Gasteiger charge is -2.31. The zero-order chi connectivity index (χ0) is 23.1. The molecule has 1 amide bonds. The van der Waals surface area contributed by atoms with E-state index in [1.54, 1.807) is 17.0 Å². The number of aromatic hydroxyl groups is 1. The van der Waals surface area contributed by atoms with Gasteiger partial charge in [-0.2, -0.15) is 9.32 Å². The Bertz CT molecular complexity index is 923. The SMILES string of the molecule is COOSc1ccc(Nc2ncnc(OC3CCN(C(=O)OC(C)C)CC3)c2O)c(C)n1. The van der Waals surface area contributed by atoms with Gasteiger partial charge in [0.05, 0.1) is 36.6 Å². The molecule has 2 N–H and O–H groups in total. The van der Waals surface area contributed by atoms with Crippen LogP contribution in [0.5, 0.6) is 11.6 Å². The van der Waals surface area contributed by atoms with Crippen molar-refractivity contribution in [3.8, 4) is 11.6 Å². The Labute approximate surface area is 190 Å². The van der Waals surface area contributed by atoms with E-state index < -0.39 is 0 Å². The number of rotatable bonds is 8. The first kappa shape index (κ1) is 23.8. The molecule has 1 aliphatic heterocycles. The van der Waals surface area contributed by atoms with Gasteiger partial charge in [-0.15, -0.1) is 0 Å². The molecule has 3 rings (SSSR count). The molecule has 174 valence electrons. The molecule has 0 unspecified atom stereocenters. The number of amides is 1. The number of anilines is 2. The minimum absolute atomic E-state index is 0.0805. The maximum absolute atomic E-state index is 12.0. The number of carbonyl (C=O) groups excluding carboxylic acids is 1. The van der Waals surface area contributed by atoms with Gasteiger partial charge in [0.2, 0.25) is 5.75 Å². The van der Waals surface area contributed by atoms with Crippen molar-refractivity contribution in [1.82, 2.24) is 19.9 Å². The Hall–Kier alpha value is -2.83. The van der Waals surface area contributed by atoms with Crippen molar-refractivity contribution < 1.29 is 28.6 Å². The molecule has 0 radical (unpaired) electrons. The van der Waals surface area contributed by atoms with Crippen molar-refractivity contribution in [3.63, 3.8) is 0 Å². The van der Waals surface area contributed by atoms with Gasteiger partial charge < -0.3 is 24.8 Å². The second kappa shape index (κ2) is 11.2. The lowest BCUT2D eigenvalue weighted by atomic mass is 10.1. The molecule has 11 nitrogen and oxygen atoms in total. The van der Waals surface area contributed by atoms with E-state index in [1.165, 1.54) is 13.4 Å². The maximum atomic E-state index is 12.0. The maximum Gasteiger partial charge on any atom is 0.410 e. The molecule has 0 aliphatic carbocycles. The van der Waals surface area contributed by atoms with Crippen LogP contribution in [-0.4, -0.2) is 63.5 Å². The van der Waals surface area contributed by atoms with Crippen LogP contribution in [0.2, 0.25) is 0 Å². The summed E-state index contributed by atoms with van der Waals surface area (Å²) in [5, 5.41) is 14.3. The summed E-state index contributed by atoms with van der Waals surface area (Å²) in [6.45, 7) is 6.47. The van der Waals surface area contributed by atoms with Crippen LogP contribution in [-0.2, 0) is 14.0 Å². The van der Waals surface area contributed by atoms with Crippen LogP contribution in [0.15, 0.2) is 23.5 Å². The smallest absolute Gasteiger partial charge is 0.410 e. The van der Waals surface area contributed by atoms with Crippen molar-refractivity contribution in [2.24, 2.45) is 0 Å². The van der Waals surface area contributed by atoms with Crippen LogP contribution in [0.4, 0.5) is 16.3 Å². The topological polar surface area (TPSA) is 128 Å². The van der Waals surface area contributed by atoms with Crippen molar-refractivity contribution in [2.45, 2.75) is 50.8 Å². The van der Waals surface area contributed by atoms with Crippen molar-refractivity contribution in [2.75, 3.05) is 25.5 Å². The van der Waals surface area contributed by atoms with Gasteiger partial charge in [0.15, 0.2) is 5.82 Å². The van der Waals surface area contributed by atoms with Gasteiger partial charge in [-0.25, -0.2) is 19.7 Å². The fraction of sp³-hybridized carbons (Fsp3) is 0.500. The van der Waals surface area contributed by atoms with E-state index in [-0.39, 0.29) is 35.7 Å². The van der Waals surface area contributed by atoms with Gasteiger partial charge >= 0.3 is 6.09 Å². The lowest BCUT2D eigenvalue weighted by molar-refractivity contribution is -0.160. The summed E-state index contributed by atoms with van der Waals surface area (Å²) in [6, 6.07) is 3.53. The summed E-state index contributed by atoms with van der Waals surface area (Å²) in [4.78, 5) is 30.8. The molecular weight excluding hydrogens is 438 g/mol. The van der Waals surface area contributed by atoms with Gasteiger partial charge in [0.25, 0.3) is 5.88 Å². The largest absolute Gasteiger partial charge is 0.501 e. The number of hydrogen-bond donors (Lipinski definition) is 2. The highest BCUT2D eigenvalue weighted by Crippen LogP contribution is 2.34. The van der Waals surface area contributed by atoms with E-state index in [1.807, 2.05) is 20.8 Å². The number of aryl methyl sites for hydroxylation is 1. The first-order valence-corrected chi connectivity index (χ1v) is 10.9. The third kappa shape index (κ3) is 6.34. The molecule has 1 aliphatic rings. The highest BCUT2D eigenvalue weighted by molar-refractivity contribution is 7.94. The summed E-state index contributed by atoms with van der Waals surface area (Å²) in [5.41, 5.74) is 1.33. The monoisotopic (exact) mass is 465 g/mol. The molecule has 1 fully saturated rings. The van der Waals surface area contributed by atoms with E-state index in [4.69, 9.17) is 13.8 Å². The molecule has 12 heteroatoms. The number of piperidine rings is 1. The van der Waals surface area contributed by atoms with Gasteiger partial charge in [0.1, 0.15) is 17.5 Å². The Morgan fingerprint density at radius 2 is 2.03 bits per heavy atom. The zero-order valence-electron chi connectivity index (χ0n) is 18.4. The minimum atomic E-state index is -0.322. The van der Waals surface area contributed by atoms with Crippen molar-refractivity contribution in [3.05, 3.63) is 24.2 Å². The van der Waals surface area contributed by atoms with Gasteiger partial charge in [-0.3, -0.25) is 0 Å². The number of aromatic nitrogens is 3. The fourth-order valence-corrected chi connectivity index (χ4v) is 3.48. The molecule has 0 bridgehead atoms. The number of nitrogens with one attached hydrogen (secondary N) is 1. The standard InChI is InChI=1S/C20H27N5O6S/c1-12(2)29-20(27)25-9-7-14(8-10-25)30-19-17(26)18(21-11-22-19)24-15-5-6-16(23-13(15)3)32-31-28-4/h5-6,11-12,14,26H,7-10H2,1-4H3,(H,21,22,24). The van der Waals surface area contributed by atoms with Gasteiger partial charge in [0, 0.05) is 25.9 Å². The van der Waals surface area contributed by atoms with Crippen LogP contribution in [0.25, 0.3) is 0 Å². The molecule has 2 aromatic rings. The third-order valence-electron chi connectivity index (χ3n) is 4.60. The molecule has 0 spiro atoms.